The number of hydrogen-bond donors (Lipinski definition) is 0. The van der Waals surface area contributed by atoms with Gasteiger partial charge in [-0.1, -0.05) is 78.6 Å². The molecule has 2 unspecified atom stereocenters. The third kappa shape index (κ3) is 6.48. The van der Waals surface area contributed by atoms with Crippen LogP contribution in [0.3, 0.4) is 0 Å². The van der Waals surface area contributed by atoms with E-state index in [4.69, 9.17) is 0 Å². The highest BCUT2D eigenvalue weighted by molar-refractivity contribution is 4.78. The summed E-state index contributed by atoms with van der Waals surface area (Å²) >= 11 is 0. The fourth-order valence-electron chi connectivity index (χ4n) is 3.42. The van der Waals surface area contributed by atoms with E-state index in [2.05, 4.69) is 20.8 Å². The summed E-state index contributed by atoms with van der Waals surface area (Å²) in [6.07, 6.45) is 16.3. The van der Waals surface area contributed by atoms with Gasteiger partial charge in [-0.2, -0.15) is 0 Å². The third-order valence-corrected chi connectivity index (χ3v) is 4.85. The van der Waals surface area contributed by atoms with Crippen molar-refractivity contribution in [1.29, 1.82) is 0 Å². The molecular formula is C17H34. The molecule has 0 aliphatic heterocycles. The van der Waals surface area contributed by atoms with Gasteiger partial charge in [-0.25, -0.2) is 0 Å². The standard InChI is InChI=1S/C17H34/c1-4-5-6-7-8-9-10-11-12-17-13-15(2)16(3)14-17/h15-17H,4-14H2,1-3H3. The summed E-state index contributed by atoms with van der Waals surface area (Å²) in [4.78, 5) is 0. The lowest BCUT2D eigenvalue weighted by Crippen LogP contribution is -1.95. The van der Waals surface area contributed by atoms with Gasteiger partial charge >= 0.3 is 0 Å². The van der Waals surface area contributed by atoms with Crippen LogP contribution < -0.4 is 0 Å². The Morgan fingerprint density at radius 1 is 0.706 bits per heavy atom. The van der Waals surface area contributed by atoms with Gasteiger partial charge in [-0.15, -0.1) is 0 Å². The first kappa shape index (κ1) is 15.1. The first-order chi connectivity index (χ1) is 8.24. The van der Waals surface area contributed by atoms with E-state index in [0.29, 0.717) is 0 Å². The molecule has 0 heterocycles. The zero-order valence-electron chi connectivity index (χ0n) is 12.5. The minimum Gasteiger partial charge on any atom is -0.0654 e. The van der Waals surface area contributed by atoms with E-state index >= 15 is 0 Å². The number of unbranched alkanes of at least 4 members (excludes halogenated alkanes) is 7. The summed E-state index contributed by atoms with van der Waals surface area (Å²) < 4.78 is 0. The first-order valence-electron chi connectivity index (χ1n) is 8.24. The molecule has 0 bridgehead atoms. The third-order valence-electron chi connectivity index (χ3n) is 4.85. The molecule has 0 radical (unpaired) electrons. The Morgan fingerprint density at radius 3 is 1.71 bits per heavy atom. The zero-order valence-corrected chi connectivity index (χ0v) is 12.5. The molecule has 0 aromatic rings. The summed E-state index contributed by atoms with van der Waals surface area (Å²) in [5.41, 5.74) is 0. The average molecular weight is 238 g/mol. The second-order valence-corrected chi connectivity index (χ2v) is 6.56. The van der Waals surface area contributed by atoms with Gasteiger partial charge in [-0.05, 0) is 30.6 Å². The molecule has 1 fully saturated rings. The van der Waals surface area contributed by atoms with Gasteiger partial charge in [0, 0.05) is 0 Å². The van der Waals surface area contributed by atoms with Crippen LogP contribution in [-0.2, 0) is 0 Å². The summed E-state index contributed by atoms with van der Waals surface area (Å²) in [6, 6.07) is 0. The number of hydrogen-bond acceptors (Lipinski definition) is 0. The highest BCUT2D eigenvalue weighted by Gasteiger charge is 2.27. The van der Waals surface area contributed by atoms with Crippen LogP contribution in [0.2, 0.25) is 0 Å². The van der Waals surface area contributed by atoms with Crippen molar-refractivity contribution in [3.8, 4) is 0 Å². The summed E-state index contributed by atoms with van der Waals surface area (Å²) in [5, 5.41) is 0. The fourth-order valence-corrected chi connectivity index (χ4v) is 3.42. The van der Waals surface area contributed by atoms with Gasteiger partial charge in [-0.3, -0.25) is 0 Å². The summed E-state index contributed by atoms with van der Waals surface area (Å²) in [7, 11) is 0. The fraction of sp³-hybridized carbons (Fsp3) is 1.00. The molecule has 0 spiro atoms. The van der Waals surface area contributed by atoms with Gasteiger partial charge in [0.2, 0.25) is 0 Å². The monoisotopic (exact) mass is 238 g/mol. The van der Waals surface area contributed by atoms with Crippen molar-refractivity contribution in [3.63, 3.8) is 0 Å². The largest absolute Gasteiger partial charge is 0.0654 e. The van der Waals surface area contributed by atoms with Crippen LogP contribution in [0.15, 0.2) is 0 Å². The zero-order chi connectivity index (χ0) is 12.5. The maximum atomic E-state index is 2.44. The Labute approximate surface area is 110 Å². The Morgan fingerprint density at radius 2 is 1.18 bits per heavy atom. The first-order valence-corrected chi connectivity index (χ1v) is 8.24. The van der Waals surface area contributed by atoms with E-state index in [0.717, 1.165) is 17.8 Å². The van der Waals surface area contributed by atoms with E-state index in [9.17, 15) is 0 Å². The molecule has 0 N–H and O–H groups in total. The Balaban J connectivity index is 1.85. The average Bonchev–Trinajstić information content (AvgIpc) is 2.62. The molecule has 102 valence electrons. The number of rotatable bonds is 9. The van der Waals surface area contributed by atoms with Gasteiger partial charge in [0.25, 0.3) is 0 Å². The molecular weight excluding hydrogens is 204 g/mol. The Kier molecular flexibility index (Phi) is 7.97. The minimum atomic E-state index is 0.994. The lowest BCUT2D eigenvalue weighted by atomic mass is 9.98. The van der Waals surface area contributed by atoms with E-state index in [1.54, 1.807) is 0 Å². The molecule has 0 saturated heterocycles. The molecule has 1 aliphatic carbocycles. The maximum absolute atomic E-state index is 2.44. The van der Waals surface area contributed by atoms with Gasteiger partial charge < -0.3 is 0 Å². The van der Waals surface area contributed by atoms with Crippen molar-refractivity contribution in [2.75, 3.05) is 0 Å². The van der Waals surface area contributed by atoms with E-state index in [1.807, 2.05) is 0 Å². The molecule has 2 atom stereocenters. The van der Waals surface area contributed by atoms with Crippen molar-refractivity contribution in [2.45, 2.75) is 91.4 Å². The van der Waals surface area contributed by atoms with E-state index < -0.39 is 0 Å². The van der Waals surface area contributed by atoms with Crippen LogP contribution in [0.25, 0.3) is 0 Å². The van der Waals surface area contributed by atoms with Crippen molar-refractivity contribution < 1.29 is 0 Å². The molecule has 0 heteroatoms. The minimum absolute atomic E-state index is 0.994. The molecule has 1 saturated carbocycles. The van der Waals surface area contributed by atoms with Gasteiger partial charge in [0.1, 0.15) is 0 Å². The lowest BCUT2D eigenvalue weighted by Gasteiger charge is -2.08. The van der Waals surface area contributed by atoms with Crippen LogP contribution in [0.5, 0.6) is 0 Å². The normalized spacial score (nSPS) is 28.8. The smallest absolute Gasteiger partial charge is 0.0409 e. The summed E-state index contributed by atoms with van der Waals surface area (Å²) in [5.74, 6) is 3.06. The Hall–Kier alpha value is 0. The van der Waals surface area contributed by atoms with Crippen LogP contribution in [0, 0.1) is 17.8 Å². The molecule has 17 heavy (non-hydrogen) atoms. The van der Waals surface area contributed by atoms with Crippen LogP contribution in [0.4, 0.5) is 0 Å². The van der Waals surface area contributed by atoms with Crippen LogP contribution in [0.1, 0.15) is 91.4 Å². The molecule has 0 nitrogen and oxygen atoms in total. The van der Waals surface area contributed by atoms with Crippen molar-refractivity contribution >= 4 is 0 Å². The van der Waals surface area contributed by atoms with Gasteiger partial charge in [0.05, 0.1) is 0 Å². The topological polar surface area (TPSA) is 0 Å². The summed E-state index contributed by atoms with van der Waals surface area (Å²) in [6.45, 7) is 7.18. The molecule has 0 aromatic heterocycles. The quantitative estimate of drug-likeness (QED) is 0.419. The van der Waals surface area contributed by atoms with E-state index in [1.165, 1.54) is 70.6 Å². The SMILES string of the molecule is CCCCCCCCCCC1CC(C)C(C)C1. The second kappa shape index (κ2) is 9.00. The molecule has 0 amide bonds. The highest BCUT2D eigenvalue weighted by atomic mass is 14.3. The van der Waals surface area contributed by atoms with Crippen LogP contribution in [-0.4, -0.2) is 0 Å². The molecule has 1 aliphatic rings. The second-order valence-electron chi connectivity index (χ2n) is 6.56. The van der Waals surface area contributed by atoms with Crippen molar-refractivity contribution in [2.24, 2.45) is 17.8 Å². The van der Waals surface area contributed by atoms with Crippen molar-refractivity contribution in [1.82, 2.24) is 0 Å². The lowest BCUT2D eigenvalue weighted by molar-refractivity contribution is 0.445. The maximum Gasteiger partial charge on any atom is -0.0409 e. The molecule has 0 aromatic carbocycles. The van der Waals surface area contributed by atoms with Crippen LogP contribution >= 0.6 is 0 Å². The highest BCUT2D eigenvalue weighted by Crippen LogP contribution is 2.38. The Bertz CT molecular complexity index is 163. The molecule has 1 rings (SSSR count). The van der Waals surface area contributed by atoms with Crippen molar-refractivity contribution in [3.05, 3.63) is 0 Å². The van der Waals surface area contributed by atoms with Gasteiger partial charge in [0.15, 0.2) is 0 Å². The predicted molar refractivity (Wildman–Crippen MR) is 78.3 cm³/mol. The van der Waals surface area contributed by atoms with E-state index in [-0.39, 0.29) is 0 Å². The predicted octanol–water partition coefficient (Wildman–Crippen LogP) is 6.20.